The van der Waals surface area contributed by atoms with E-state index in [1.54, 1.807) is 12.1 Å². The van der Waals surface area contributed by atoms with Gasteiger partial charge in [-0.25, -0.2) is 4.98 Å². The Morgan fingerprint density at radius 1 is 1.13 bits per heavy atom. The predicted molar refractivity (Wildman–Crippen MR) is 117 cm³/mol. The van der Waals surface area contributed by atoms with Crippen molar-refractivity contribution in [3.63, 3.8) is 0 Å². The summed E-state index contributed by atoms with van der Waals surface area (Å²) >= 11 is 0. The van der Waals surface area contributed by atoms with Gasteiger partial charge in [-0.1, -0.05) is 44.2 Å². The highest BCUT2D eigenvalue weighted by molar-refractivity contribution is 6.01. The molecule has 0 spiro atoms. The van der Waals surface area contributed by atoms with Gasteiger partial charge in [0.05, 0.1) is 12.9 Å². The Hall–Kier alpha value is -3.67. The summed E-state index contributed by atoms with van der Waals surface area (Å²) in [5, 5.41) is 0.789. The molecule has 0 saturated carbocycles. The van der Waals surface area contributed by atoms with Gasteiger partial charge in [-0.2, -0.15) is 0 Å². The number of nitrogens with zero attached hydrogens (tertiary/aromatic N) is 3. The molecule has 2 aromatic carbocycles. The zero-order valence-electron chi connectivity index (χ0n) is 17.0. The Balaban J connectivity index is 1.50. The fourth-order valence-electron chi connectivity index (χ4n) is 4.35. The van der Waals surface area contributed by atoms with E-state index in [4.69, 9.17) is 4.42 Å². The zero-order chi connectivity index (χ0) is 21.0. The first-order valence-corrected chi connectivity index (χ1v) is 9.83. The summed E-state index contributed by atoms with van der Waals surface area (Å²) in [5.41, 5.74) is 3.81. The molecule has 0 amide bonds. The van der Waals surface area contributed by atoms with Crippen molar-refractivity contribution in [3.8, 4) is 0 Å². The lowest BCUT2D eigenvalue weighted by Crippen LogP contribution is -2.27. The number of hydrogen-bond acceptors (Lipinski definition) is 5. The minimum Gasteiger partial charge on any atom is -0.448 e. The van der Waals surface area contributed by atoms with E-state index in [0.29, 0.717) is 11.1 Å². The van der Waals surface area contributed by atoms with Crippen molar-refractivity contribution in [1.29, 1.82) is 0 Å². The van der Waals surface area contributed by atoms with Crippen molar-refractivity contribution in [3.05, 3.63) is 82.5 Å². The van der Waals surface area contributed by atoms with Crippen LogP contribution in [0.5, 0.6) is 0 Å². The van der Waals surface area contributed by atoms with Gasteiger partial charge >= 0.3 is 0 Å². The summed E-state index contributed by atoms with van der Waals surface area (Å²) in [6.07, 6.45) is 3.05. The Bertz CT molecular complexity index is 1410. The summed E-state index contributed by atoms with van der Waals surface area (Å²) in [5.74, 6) is -0.169. The highest BCUT2D eigenvalue weighted by Gasteiger charge is 2.38. The van der Waals surface area contributed by atoms with Crippen LogP contribution in [0.4, 0.5) is 5.69 Å². The first kappa shape index (κ1) is 18.4. The number of fused-ring (bicyclic) bond motifs is 4. The second-order valence-corrected chi connectivity index (χ2v) is 8.15. The molecule has 0 N–H and O–H groups in total. The molecule has 4 aromatic rings. The normalized spacial score (nSPS) is 16.5. The van der Waals surface area contributed by atoms with Crippen molar-refractivity contribution >= 4 is 33.5 Å². The number of allylic oxidation sites excluding steroid dienone is 2. The average molecular weight is 399 g/mol. The SMILES string of the molecule is CN1/C(=C\C(=O)Cn2cnc3c(oc4ccccc43)c2=O)C(C)(C)c2ccccc21. The van der Waals surface area contributed by atoms with E-state index in [-0.39, 0.29) is 28.9 Å². The fourth-order valence-corrected chi connectivity index (χ4v) is 4.35. The maximum absolute atomic E-state index is 12.9. The maximum Gasteiger partial charge on any atom is 0.297 e. The van der Waals surface area contributed by atoms with E-state index >= 15 is 0 Å². The first-order chi connectivity index (χ1) is 14.4. The Labute approximate surface area is 173 Å². The van der Waals surface area contributed by atoms with Gasteiger partial charge in [-0.3, -0.25) is 14.2 Å². The molecule has 6 nitrogen and oxygen atoms in total. The summed E-state index contributed by atoms with van der Waals surface area (Å²) in [6.45, 7) is 4.11. The van der Waals surface area contributed by atoms with Crippen LogP contribution in [0.15, 0.2) is 75.8 Å². The third-order valence-corrected chi connectivity index (χ3v) is 5.91. The highest BCUT2D eigenvalue weighted by Crippen LogP contribution is 2.46. The van der Waals surface area contributed by atoms with E-state index in [2.05, 4.69) is 24.9 Å². The van der Waals surface area contributed by atoms with Crippen LogP contribution in [0.25, 0.3) is 22.1 Å². The third-order valence-electron chi connectivity index (χ3n) is 5.91. The molecule has 0 bridgehead atoms. The zero-order valence-corrected chi connectivity index (χ0v) is 17.0. The smallest absolute Gasteiger partial charge is 0.297 e. The minimum absolute atomic E-state index is 0.0947. The Morgan fingerprint density at radius 2 is 1.87 bits per heavy atom. The van der Waals surface area contributed by atoms with E-state index in [9.17, 15) is 9.59 Å². The molecule has 2 aromatic heterocycles. The number of aromatic nitrogens is 2. The van der Waals surface area contributed by atoms with E-state index in [1.807, 2.05) is 48.3 Å². The lowest BCUT2D eigenvalue weighted by molar-refractivity contribution is -0.115. The van der Waals surface area contributed by atoms with Crippen LogP contribution < -0.4 is 10.5 Å². The van der Waals surface area contributed by atoms with Crippen LogP contribution in [0.1, 0.15) is 19.4 Å². The number of carbonyl (C=O) groups excluding carboxylic acids is 1. The summed E-state index contributed by atoms with van der Waals surface area (Å²) < 4.78 is 7.01. The van der Waals surface area contributed by atoms with Gasteiger partial charge < -0.3 is 9.32 Å². The number of benzene rings is 2. The van der Waals surface area contributed by atoms with Crippen molar-refractivity contribution < 1.29 is 9.21 Å². The first-order valence-electron chi connectivity index (χ1n) is 9.83. The molecule has 0 saturated heterocycles. The number of para-hydroxylation sites is 2. The largest absolute Gasteiger partial charge is 0.448 e. The summed E-state index contributed by atoms with van der Waals surface area (Å²) in [6, 6.07) is 15.5. The summed E-state index contributed by atoms with van der Waals surface area (Å²) in [7, 11) is 1.96. The van der Waals surface area contributed by atoms with Gasteiger partial charge in [-0.15, -0.1) is 0 Å². The average Bonchev–Trinajstić information content (AvgIpc) is 3.20. The number of carbonyl (C=O) groups is 1. The Kier molecular flexibility index (Phi) is 3.93. The van der Waals surface area contributed by atoms with Crippen LogP contribution in [-0.4, -0.2) is 22.4 Å². The molecule has 5 rings (SSSR count). The lowest BCUT2D eigenvalue weighted by atomic mass is 9.83. The topological polar surface area (TPSA) is 68.3 Å². The van der Waals surface area contributed by atoms with Gasteiger partial charge in [0.25, 0.3) is 5.56 Å². The van der Waals surface area contributed by atoms with Gasteiger partial charge in [0.15, 0.2) is 5.78 Å². The molecule has 0 unspecified atom stereocenters. The number of hydrogen-bond donors (Lipinski definition) is 0. The second kappa shape index (κ2) is 6.42. The molecular formula is C24H21N3O3. The molecule has 3 heterocycles. The van der Waals surface area contributed by atoms with Crippen molar-refractivity contribution in [1.82, 2.24) is 9.55 Å². The van der Waals surface area contributed by atoms with E-state index < -0.39 is 0 Å². The number of ketones is 1. The molecule has 0 fully saturated rings. The number of anilines is 1. The molecule has 0 atom stereocenters. The molecule has 6 heteroatoms. The van der Waals surface area contributed by atoms with Crippen LogP contribution in [0.3, 0.4) is 0 Å². The van der Waals surface area contributed by atoms with E-state index in [0.717, 1.165) is 16.8 Å². The molecule has 0 radical (unpaired) electrons. The molecule has 1 aliphatic heterocycles. The molecular weight excluding hydrogens is 378 g/mol. The van der Waals surface area contributed by atoms with Crippen LogP contribution in [0, 0.1) is 0 Å². The monoisotopic (exact) mass is 399 g/mol. The third kappa shape index (κ3) is 2.60. The standard InChI is InChI=1S/C24H21N3O3/c1-24(2)17-9-5-6-10-18(17)26(3)20(24)12-15(28)13-27-14-25-21-16-8-4-7-11-19(16)30-22(21)23(27)29/h4-12,14H,13H2,1-3H3/b20-12-. The van der Waals surface area contributed by atoms with Gasteiger partial charge in [0.2, 0.25) is 5.58 Å². The van der Waals surface area contributed by atoms with Gasteiger partial charge in [0.1, 0.15) is 11.1 Å². The van der Waals surface area contributed by atoms with Crippen molar-refractivity contribution in [2.75, 3.05) is 11.9 Å². The van der Waals surface area contributed by atoms with Crippen molar-refractivity contribution in [2.24, 2.45) is 0 Å². The van der Waals surface area contributed by atoms with Crippen LogP contribution >= 0.6 is 0 Å². The predicted octanol–water partition coefficient (Wildman–Crippen LogP) is 4.02. The quantitative estimate of drug-likeness (QED) is 0.487. The van der Waals surface area contributed by atoms with Crippen LogP contribution in [-0.2, 0) is 16.8 Å². The van der Waals surface area contributed by atoms with E-state index in [1.165, 1.54) is 16.5 Å². The second-order valence-electron chi connectivity index (χ2n) is 8.15. The minimum atomic E-state index is -0.356. The number of furan rings is 1. The molecule has 0 aliphatic carbocycles. The fraction of sp³-hybridized carbons (Fsp3) is 0.208. The molecule has 150 valence electrons. The lowest BCUT2D eigenvalue weighted by Gasteiger charge is -2.24. The van der Waals surface area contributed by atoms with Crippen LogP contribution in [0.2, 0.25) is 0 Å². The molecule has 1 aliphatic rings. The van der Waals surface area contributed by atoms with Gasteiger partial charge in [-0.05, 0) is 23.8 Å². The Morgan fingerprint density at radius 3 is 2.67 bits per heavy atom. The number of likely N-dealkylation sites (N-methyl/N-ethyl adjacent to an activating group) is 1. The highest BCUT2D eigenvalue weighted by atomic mass is 16.3. The summed E-state index contributed by atoms with van der Waals surface area (Å²) in [4.78, 5) is 32.2. The molecule has 30 heavy (non-hydrogen) atoms. The van der Waals surface area contributed by atoms with Crippen molar-refractivity contribution in [2.45, 2.75) is 25.8 Å². The number of rotatable bonds is 3. The van der Waals surface area contributed by atoms with Gasteiger partial charge in [0, 0.05) is 35.3 Å². The maximum atomic E-state index is 12.9.